The van der Waals surface area contributed by atoms with Gasteiger partial charge in [-0.2, -0.15) is 8.78 Å². The van der Waals surface area contributed by atoms with Gasteiger partial charge in [-0.15, -0.1) is 0 Å². The summed E-state index contributed by atoms with van der Waals surface area (Å²) in [4.78, 5) is 23.4. The van der Waals surface area contributed by atoms with Gasteiger partial charge in [0.2, 0.25) is 0 Å². The molecule has 7 nitrogen and oxygen atoms in total. The lowest BCUT2D eigenvalue weighted by Gasteiger charge is -2.26. The normalized spacial score (nSPS) is 14.0. The van der Waals surface area contributed by atoms with E-state index in [-0.39, 0.29) is 11.7 Å². The number of hydrogen-bond donors (Lipinski definition) is 0. The molecule has 35 heavy (non-hydrogen) atoms. The van der Waals surface area contributed by atoms with Crippen LogP contribution in [0.4, 0.5) is 8.78 Å². The van der Waals surface area contributed by atoms with E-state index in [9.17, 15) is 13.6 Å². The highest BCUT2D eigenvalue weighted by atomic mass is 19.3. The van der Waals surface area contributed by atoms with E-state index in [0.29, 0.717) is 44.1 Å². The molecule has 0 spiro atoms. The number of aromatic nitrogens is 3. The van der Waals surface area contributed by atoms with Crippen LogP contribution in [0.5, 0.6) is 5.75 Å². The number of pyridine rings is 1. The van der Waals surface area contributed by atoms with Gasteiger partial charge in [-0.3, -0.25) is 9.78 Å². The van der Waals surface area contributed by atoms with Crippen molar-refractivity contribution in [1.82, 2.24) is 19.4 Å². The van der Waals surface area contributed by atoms with Crippen LogP contribution >= 0.6 is 0 Å². The van der Waals surface area contributed by atoms with E-state index in [2.05, 4.69) is 9.97 Å². The minimum Gasteiger partial charge on any atom is -0.434 e. The van der Waals surface area contributed by atoms with Gasteiger partial charge in [0.05, 0.1) is 30.8 Å². The molecular formula is C26H24F2N4O3. The number of nitrogens with zero attached hydrogens (tertiary/aromatic N) is 4. The van der Waals surface area contributed by atoms with Crippen molar-refractivity contribution >= 4 is 16.9 Å². The van der Waals surface area contributed by atoms with Crippen LogP contribution in [0.25, 0.3) is 22.2 Å². The molecule has 0 unspecified atom stereocenters. The number of carbonyl (C=O) groups is 1. The van der Waals surface area contributed by atoms with Gasteiger partial charge in [-0.1, -0.05) is 30.3 Å². The van der Waals surface area contributed by atoms with Crippen LogP contribution in [0.3, 0.4) is 0 Å². The zero-order valence-electron chi connectivity index (χ0n) is 19.2. The summed E-state index contributed by atoms with van der Waals surface area (Å²) in [5, 5.41) is 0. The first-order valence-corrected chi connectivity index (χ1v) is 11.3. The van der Waals surface area contributed by atoms with Crippen LogP contribution < -0.4 is 4.74 Å². The number of morpholine rings is 1. The number of halogens is 2. The summed E-state index contributed by atoms with van der Waals surface area (Å²) in [6.07, 6.45) is 1.69. The standard InChI is InChI=1S/C26H24F2N4O3/c1-17-30-21-8-6-18(19-7-9-22(29-15-19)25(33)31-10-12-34-13-11-31)14-23(21)32(17)16-20-4-2-3-5-24(20)35-26(27)28/h2-9,14-15,26H,10-13,16H2,1H3. The number of rotatable bonds is 6. The molecule has 0 saturated carbocycles. The van der Waals surface area contributed by atoms with Gasteiger partial charge in [0, 0.05) is 30.4 Å². The summed E-state index contributed by atoms with van der Waals surface area (Å²) in [7, 11) is 0. The van der Waals surface area contributed by atoms with Crippen molar-refractivity contribution in [3.05, 3.63) is 77.9 Å². The number of ether oxygens (including phenoxy) is 2. The number of benzene rings is 2. The lowest BCUT2D eigenvalue weighted by Crippen LogP contribution is -2.41. The molecule has 9 heteroatoms. The van der Waals surface area contributed by atoms with Gasteiger partial charge in [0.1, 0.15) is 17.3 Å². The minimum absolute atomic E-state index is 0.103. The van der Waals surface area contributed by atoms with Crippen LogP contribution in [0.1, 0.15) is 21.9 Å². The first-order valence-electron chi connectivity index (χ1n) is 11.3. The monoisotopic (exact) mass is 478 g/mol. The van der Waals surface area contributed by atoms with Gasteiger partial charge in [0.15, 0.2) is 0 Å². The zero-order chi connectivity index (χ0) is 24.4. The molecule has 0 bridgehead atoms. The van der Waals surface area contributed by atoms with Crippen LogP contribution in [-0.4, -0.2) is 58.3 Å². The molecule has 2 aromatic carbocycles. The topological polar surface area (TPSA) is 69.5 Å². The van der Waals surface area contributed by atoms with E-state index in [1.54, 1.807) is 35.4 Å². The number of aryl methyl sites for hydroxylation is 1. The molecule has 3 heterocycles. The Labute approximate surface area is 200 Å². The largest absolute Gasteiger partial charge is 0.434 e. The molecule has 1 aliphatic rings. The highest BCUT2D eigenvalue weighted by molar-refractivity contribution is 5.93. The summed E-state index contributed by atoms with van der Waals surface area (Å²) in [5.74, 6) is 0.798. The van der Waals surface area contributed by atoms with Crippen molar-refractivity contribution in [1.29, 1.82) is 0 Å². The van der Waals surface area contributed by atoms with Gasteiger partial charge < -0.3 is 18.9 Å². The molecule has 0 aliphatic carbocycles. The third-order valence-corrected chi connectivity index (χ3v) is 6.07. The molecule has 5 rings (SSSR count). The fourth-order valence-corrected chi connectivity index (χ4v) is 4.26. The van der Waals surface area contributed by atoms with E-state index in [0.717, 1.165) is 28.0 Å². The summed E-state index contributed by atoms with van der Waals surface area (Å²) in [6, 6.07) is 16.2. The van der Waals surface area contributed by atoms with E-state index in [1.807, 2.05) is 35.8 Å². The lowest BCUT2D eigenvalue weighted by atomic mass is 10.1. The van der Waals surface area contributed by atoms with Crippen molar-refractivity contribution in [3.8, 4) is 16.9 Å². The summed E-state index contributed by atoms with van der Waals surface area (Å²) < 4.78 is 37.7. The second-order valence-electron chi connectivity index (χ2n) is 8.27. The van der Waals surface area contributed by atoms with Crippen molar-refractivity contribution in [2.45, 2.75) is 20.1 Å². The first kappa shape index (κ1) is 22.9. The maximum Gasteiger partial charge on any atom is 0.387 e. The summed E-state index contributed by atoms with van der Waals surface area (Å²) in [6.45, 7) is 1.52. The van der Waals surface area contributed by atoms with Crippen molar-refractivity contribution < 1.29 is 23.0 Å². The predicted octanol–water partition coefficient (Wildman–Crippen LogP) is 4.53. The molecule has 0 radical (unpaired) electrons. The third-order valence-electron chi connectivity index (χ3n) is 6.07. The van der Waals surface area contributed by atoms with E-state index in [4.69, 9.17) is 9.47 Å². The first-order chi connectivity index (χ1) is 17.0. The van der Waals surface area contributed by atoms with E-state index >= 15 is 0 Å². The van der Waals surface area contributed by atoms with Crippen LogP contribution in [0, 0.1) is 6.92 Å². The molecule has 1 fully saturated rings. The second-order valence-corrected chi connectivity index (χ2v) is 8.27. The fourth-order valence-electron chi connectivity index (χ4n) is 4.26. The highest BCUT2D eigenvalue weighted by Gasteiger charge is 2.20. The highest BCUT2D eigenvalue weighted by Crippen LogP contribution is 2.28. The van der Waals surface area contributed by atoms with Gasteiger partial charge in [-0.25, -0.2) is 4.98 Å². The molecule has 1 amide bonds. The summed E-state index contributed by atoms with van der Waals surface area (Å²) in [5.41, 5.74) is 4.46. The SMILES string of the molecule is Cc1nc2ccc(-c3ccc(C(=O)N4CCOCC4)nc3)cc2n1Cc1ccccc1OC(F)F. The number of para-hydroxylation sites is 1. The molecule has 4 aromatic rings. The maximum absolute atomic E-state index is 12.9. The predicted molar refractivity (Wildman–Crippen MR) is 127 cm³/mol. The Hall–Kier alpha value is -3.85. The number of hydrogen-bond acceptors (Lipinski definition) is 5. The van der Waals surface area contributed by atoms with Crippen molar-refractivity contribution in [2.24, 2.45) is 0 Å². The average Bonchev–Trinajstić information content (AvgIpc) is 3.19. The molecule has 1 aliphatic heterocycles. The molecule has 1 saturated heterocycles. The second kappa shape index (κ2) is 9.79. The number of amides is 1. The minimum atomic E-state index is -2.89. The van der Waals surface area contributed by atoms with Crippen LogP contribution in [0.15, 0.2) is 60.8 Å². The van der Waals surface area contributed by atoms with Gasteiger partial charge in [0.25, 0.3) is 5.91 Å². The number of fused-ring (bicyclic) bond motifs is 1. The average molecular weight is 478 g/mol. The summed E-state index contributed by atoms with van der Waals surface area (Å²) >= 11 is 0. The van der Waals surface area contributed by atoms with Gasteiger partial charge in [-0.05, 0) is 36.8 Å². The Morgan fingerprint density at radius 3 is 2.60 bits per heavy atom. The third kappa shape index (κ3) is 4.85. The van der Waals surface area contributed by atoms with Gasteiger partial charge >= 0.3 is 6.61 Å². The fraction of sp³-hybridized carbons (Fsp3) is 0.269. The van der Waals surface area contributed by atoms with Crippen molar-refractivity contribution in [3.63, 3.8) is 0 Å². The quantitative estimate of drug-likeness (QED) is 0.407. The Bertz CT molecular complexity index is 1350. The molecule has 0 atom stereocenters. The smallest absolute Gasteiger partial charge is 0.387 e. The molecule has 180 valence electrons. The Morgan fingerprint density at radius 2 is 1.86 bits per heavy atom. The number of alkyl halides is 2. The Morgan fingerprint density at radius 1 is 1.09 bits per heavy atom. The lowest BCUT2D eigenvalue weighted by molar-refractivity contribution is -0.0504. The van der Waals surface area contributed by atoms with Crippen LogP contribution in [-0.2, 0) is 11.3 Å². The maximum atomic E-state index is 12.9. The molecule has 2 aromatic heterocycles. The zero-order valence-corrected chi connectivity index (χ0v) is 19.2. The number of imidazole rings is 1. The van der Waals surface area contributed by atoms with E-state index in [1.165, 1.54) is 6.07 Å². The molecular weight excluding hydrogens is 454 g/mol. The van der Waals surface area contributed by atoms with Crippen molar-refractivity contribution in [2.75, 3.05) is 26.3 Å². The van der Waals surface area contributed by atoms with Crippen LogP contribution in [0.2, 0.25) is 0 Å². The molecule has 0 N–H and O–H groups in total. The Balaban J connectivity index is 1.43. The number of carbonyl (C=O) groups excluding carboxylic acids is 1. The Kier molecular flexibility index (Phi) is 6.41. The van der Waals surface area contributed by atoms with E-state index < -0.39 is 6.61 Å².